The summed E-state index contributed by atoms with van der Waals surface area (Å²) in [6.07, 6.45) is 0.804. The second-order valence-corrected chi connectivity index (χ2v) is 5.02. The summed E-state index contributed by atoms with van der Waals surface area (Å²) in [6.45, 7) is 2.27. The fourth-order valence-electron chi connectivity index (χ4n) is 2.20. The van der Waals surface area contributed by atoms with Crippen LogP contribution in [0.15, 0.2) is 24.3 Å². The summed E-state index contributed by atoms with van der Waals surface area (Å²) in [6, 6.07) is 8.89. The lowest BCUT2D eigenvalue weighted by atomic mass is 9.81. The Morgan fingerprint density at radius 1 is 1.14 bits per heavy atom. The molecule has 2 N–H and O–H groups in total. The van der Waals surface area contributed by atoms with Crippen molar-refractivity contribution in [1.82, 2.24) is 0 Å². The Labute approximate surface area is 123 Å². The summed E-state index contributed by atoms with van der Waals surface area (Å²) >= 11 is 0. The van der Waals surface area contributed by atoms with E-state index in [0.717, 1.165) is 0 Å². The summed E-state index contributed by atoms with van der Waals surface area (Å²) in [5.41, 5.74) is 0.228. The molecule has 1 aliphatic rings. The van der Waals surface area contributed by atoms with Crippen LogP contribution in [-0.4, -0.2) is 25.0 Å². The Balaban J connectivity index is 2.05. The number of hydrogen-bond donors (Lipinski definition) is 2. The van der Waals surface area contributed by atoms with Gasteiger partial charge in [0, 0.05) is 31.5 Å². The molecule has 1 aromatic carbocycles. The summed E-state index contributed by atoms with van der Waals surface area (Å²) < 4.78 is 5.21. The van der Waals surface area contributed by atoms with E-state index in [4.69, 9.17) is 4.74 Å². The third-order valence-electron chi connectivity index (χ3n) is 3.46. The molecule has 2 rings (SSSR count). The molecule has 0 saturated carbocycles. The van der Waals surface area contributed by atoms with E-state index in [2.05, 4.69) is 16.7 Å². The topological polar surface area (TPSA) is 91.2 Å². The Hall–Kier alpha value is -2.39. The molecule has 6 nitrogen and oxygen atoms in total. The van der Waals surface area contributed by atoms with Crippen LogP contribution in [-0.2, 0) is 14.3 Å². The predicted octanol–water partition coefficient (Wildman–Crippen LogP) is 1.90. The minimum absolute atomic E-state index is 0.155. The van der Waals surface area contributed by atoms with Gasteiger partial charge in [0.25, 0.3) is 0 Å². The third kappa shape index (κ3) is 3.58. The van der Waals surface area contributed by atoms with E-state index >= 15 is 0 Å². The predicted molar refractivity (Wildman–Crippen MR) is 77.5 cm³/mol. The van der Waals surface area contributed by atoms with Crippen LogP contribution >= 0.6 is 0 Å². The lowest BCUT2D eigenvalue weighted by Crippen LogP contribution is -2.39. The number of hydrogen-bond acceptors (Lipinski definition) is 4. The van der Waals surface area contributed by atoms with E-state index in [1.165, 1.54) is 6.92 Å². The lowest BCUT2D eigenvalue weighted by molar-refractivity contribution is -0.126. The zero-order valence-electron chi connectivity index (χ0n) is 11.8. The van der Waals surface area contributed by atoms with Crippen molar-refractivity contribution in [3.63, 3.8) is 0 Å². The second kappa shape index (κ2) is 6.37. The number of rotatable bonds is 3. The molecule has 0 radical (unpaired) electrons. The third-order valence-corrected chi connectivity index (χ3v) is 3.46. The van der Waals surface area contributed by atoms with Crippen molar-refractivity contribution in [2.45, 2.75) is 19.8 Å². The number of nitriles is 1. The van der Waals surface area contributed by atoms with Gasteiger partial charge in [-0.1, -0.05) is 0 Å². The van der Waals surface area contributed by atoms with Gasteiger partial charge in [-0.2, -0.15) is 5.26 Å². The molecule has 0 atom stereocenters. The first kappa shape index (κ1) is 15.0. The maximum atomic E-state index is 12.3. The highest BCUT2D eigenvalue weighted by atomic mass is 16.5. The van der Waals surface area contributed by atoms with Crippen LogP contribution in [0.3, 0.4) is 0 Å². The summed E-state index contributed by atoms with van der Waals surface area (Å²) in [5.74, 6) is -0.460. The van der Waals surface area contributed by atoms with Gasteiger partial charge in [0.1, 0.15) is 5.41 Å². The molecule has 0 aromatic heterocycles. The number of benzene rings is 1. The van der Waals surface area contributed by atoms with E-state index in [1.54, 1.807) is 24.3 Å². The Kier molecular flexibility index (Phi) is 4.55. The Bertz CT molecular complexity index is 569. The first-order valence-electron chi connectivity index (χ1n) is 6.74. The number of anilines is 2. The first-order chi connectivity index (χ1) is 10.1. The number of nitrogens with zero attached hydrogens (tertiary/aromatic N) is 1. The number of carbonyl (C=O) groups excluding carboxylic acids is 2. The first-order valence-corrected chi connectivity index (χ1v) is 6.74. The van der Waals surface area contributed by atoms with Gasteiger partial charge >= 0.3 is 0 Å². The standard InChI is InChI=1S/C15H17N3O3/c1-11(19)17-12-2-4-13(5-3-12)18-14(20)15(10-16)6-8-21-9-7-15/h2-5H,6-9H2,1H3,(H,17,19)(H,18,20). The van der Waals surface area contributed by atoms with Gasteiger partial charge in [0.05, 0.1) is 6.07 Å². The molecule has 1 aromatic rings. The van der Waals surface area contributed by atoms with Gasteiger partial charge in [-0.05, 0) is 37.1 Å². The fourth-order valence-corrected chi connectivity index (χ4v) is 2.20. The smallest absolute Gasteiger partial charge is 0.245 e. The minimum atomic E-state index is -1.02. The van der Waals surface area contributed by atoms with Gasteiger partial charge in [-0.25, -0.2) is 0 Å². The number of ether oxygens (including phenoxy) is 1. The van der Waals surface area contributed by atoms with Crippen molar-refractivity contribution in [1.29, 1.82) is 5.26 Å². The van der Waals surface area contributed by atoms with Crippen LogP contribution in [0.1, 0.15) is 19.8 Å². The molecule has 110 valence electrons. The maximum Gasteiger partial charge on any atom is 0.245 e. The highest BCUT2D eigenvalue weighted by Gasteiger charge is 2.40. The second-order valence-electron chi connectivity index (χ2n) is 5.02. The van der Waals surface area contributed by atoms with E-state index in [1.807, 2.05) is 0 Å². The Morgan fingerprint density at radius 3 is 2.14 bits per heavy atom. The monoisotopic (exact) mass is 287 g/mol. The molecule has 0 spiro atoms. The van der Waals surface area contributed by atoms with Crippen molar-refractivity contribution in [3.05, 3.63) is 24.3 Å². The normalized spacial score (nSPS) is 16.6. The van der Waals surface area contributed by atoms with E-state index in [-0.39, 0.29) is 11.8 Å². The molecule has 21 heavy (non-hydrogen) atoms. The molecule has 1 fully saturated rings. The molecule has 0 bridgehead atoms. The molecular weight excluding hydrogens is 270 g/mol. The zero-order chi connectivity index (χ0) is 15.3. The number of nitrogens with one attached hydrogen (secondary N) is 2. The molecule has 1 aliphatic heterocycles. The van der Waals surface area contributed by atoms with Crippen molar-refractivity contribution >= 4 is 23.2 Å². The minimum Gasteiger partial charge on any atom is -0.381 e. The summed E-state index contributed by atoms with van der Waals surface area (Å²) in [4.78, 5) is 23.3. The van der Waals surface area contributed by atoms with Crippen molar-refractivity contribution < 1.29 is 14.3 Å². The van der Waals surface area contributed by atoms with Gasteiger partial charge in [0.2, 0.25) is 11.8 Å². The van der Waals surface area contributed by atoms with Gasteiger partial charge in [-0.15, -0.1) is 0 Å². The van der Waals surface area contributed by atoms with E-state index < -0.39 is 5.41 Å². The molecule has 2 amide bonds. The molecule has 1 heterocycles. The van der Waals surface area contributed by atoms with Gasteiger partial charge in [-0.3, -0.25) is 9.59 Å². The Morgan fingerprint density at radius 2 is 1.67 bits per heavy atom. The van der Waals surface area contributed by atoms with Crippen LogP contribution in [0.4, 0.5) is 11.4 Å². The number of amides is 2. The molecule has 1 saturated heterocycles. The average molecular weight is 287 g/mol. The van der Waals surface area contributed by atoms with Gasteiger partial charge < -0.3 is 15.4 Å². The van der Waals surface area contributed by atoms with Crippen molar-refractivity contribution in [3.8, 4) is 6.07 Å². The fraction of sp³-hybridized carbons (Fsp3) is 0.400. The largest absolute Gasteiger partial charge is 0.381 e. The van der Waals surface area contributed by atoms with Crippen LogP contribution in [0, 0.1) is 16.7 Å². The van der Waals surface area contributed by atoms with Crippen LogP contribution in [0.25, 0.3) is 0 Å². The van der Waals surface area contributed by atoms with Crippen LogP contribution < -0.4 is 10.6 Å². The molecule has 0 unspecified atom stereocenters. The lowest BCUT2D eigenvalue weighted by Gasteiger charge is -2.29. The SMILES string of the molecule is CC(=O)Nc1ccc(NC(=O)C2(C#N)CCOCC2)cc1. The van der Waals surface area contributed by atoms with Crippen LogP contribution in [0.2, 0.25) is 0 Å². The average Bonchev–Trinajstić information content (AvgIpc) is 2.49. The maximum absolute atomic E-state index is 12.3. The summed E-state index contributed by atoms with van der Waals surface area (Å²) in [5, 5.41) is 14.7. The number of carbonyl (C=O) groups is 2. The van der Waals surface area contributed by atoms with Crippen molar-refractivity contribution in [2.24, 2.45) is 5.41 Å². The zero-order valence-corrected chi connectivity index (χ0v) is 11.8. The van der Waals surface area contributed by atoms with Crippen LogP contribution in [0.5, 0.6) is 0 Å². The summed E-state index contributed by atoms with van der Waals surface area (Å²) in [7, 11) is 0. The molecular formula is C15H17N3O3. The quantitative estimate of drug-likeness (QED) is 0.888. The van der Waals surface area contributed by atoms with Crippen molar-refractivity contribution in [2.75, 3.05) is 23.8 Å². The highest BCUT2D eigenvalue weighted by molar-refractivity contribution is 5.97. The van der Waals surface area contributed by atoms with E-state index in [9.17, 15) is 14.9 Å². The highest BCUT2D eigenvalue weighted by Crippen LogP contribution is 2.31. The van der Waals surface area contributed by atoms with Gasteiger partial charge in [0.15, 0.2) is 0 Å². The molecule has 0 aliphatic carbocycles. The van der Waals surface area contributed by atoms with E-state index in [0.29, 0.717) is 37.4 Å². The molecule has 6 heteroatoms.